The maximum absolute atomic E-state index is 11.1. The van der Waals surface area contributed by atoms with E-state index in [0.29, 0.717) is 23.5 Å². The molecule has 1 nitrogen and oxygen atoms in total. The summed E-state index contributed by atoms with van der Waals surface area (Å²) in [6.07, 6.45) is 5.42. The molecule has 0 aromatic rings. The smallest absolute Gasteiger partial charge is 0.130 e. The Morgan fingerprint density at radius 2 is 2.23 bits per heavy atom. The summed E-state index contributed by atoms with van der Waals surface area (Å²) in [5.41, 5.74) is 1.76. The van der Waals surface area contributed by atoms with Crippen molar-refractivity contribution in [1.82, 2.24) is 0 Å². The molecular weight excluding hydrogens is 160 g/mol. The summed E-state index contributed by atoms with van der Waals surface area (Å²) in [6.45, 7) is 8.39. The van der Waals surface area contributed by atoms with E-state index < -0.39 is 0 Å². The Kier molecular flexibility index (Phi) is 2.94. The quantitative estimate of drug-likeness (QED) is 0.596. The van der Waals surface area contributed by atoms with Crippen molar-refractivity contribution in [2.24, 2.45) is 11.3 Å². The fourth-order valence-electron chi connectivity index (χ4n) is 2.00. The highest BCUT2D eigenvalue weighted by atomic mass is 16.1. The van der Waals surface area contributed by atoms with Gasteiger partial charge in [-0.2, -0.15) is 0 Å². The monoisotopic (exact) mass is 180 g/mol. The fraction of sp³-hybridized carbons (Fsp3) is 0.750. The highest BCUT2D eigenvalue weighted by molar-refractivity contribution is 5.76. The van der Waals surface area contributed by atoms with Crippen LogP contribution in [0.15, 0.2) is 11.6 Å². The lowest BCUT2D eigenvalue weighted by atomic mass is 9.69. The van der Waals surface area contributed by atoms with Gasteiger partial charge in [0.1, 0.15) is 5.78 Å². The summed E-state index contributed by atoms with van der Waals surface area (Å²) < 4.78 is 0. The van der Waals surface area contributed by atoms with E-state index in [1.54, 1.807) is 6.92 Å². The van der Waals surface area contributed by atoms with Crippen molar-refractivity contribution < 1.29 is 4.79 Å². The number of carbonyl (C=O) groups is 1. The number of hydrogen-bond donors (Lipinski definition) is 0. The van der Waals surface area contributed by atoms with Crippen LogP contribution in [0.1, 0.15) is 47.0 Å². The highest BCUT2D eigenvalue weighted by Crippen LogP contribution is 2.40. The van der Waals surface area contributed by atoms with Crippen molar-refractivity contribution in [3.8, 4) is 0 Å². The molecule has 1 rings (SSSR count). The van der Waals surface area contributed by atoms with Crippen LogP contribution in [0.25, 0.3) is 0 Å². The van der Waals surface area contributed by atoms with Crippen molar-refractivity contribution in [1.29, 1.82) is 0 Å². The van der Waals surface area contributed by atoms with E-state index in [-0.39, 0.29) is 0 Å². The maximum Gasteiger partial charge on any atom is 0.130 e. The SMILES string of the molecule is CC(=O)CC1C=C(C)CCC1(C)C. The third kappa shape index (κ3) is 2.68. The lowest BCUT2D eigenvalue weighted by Crippen LogP contribution is -2.27. The van der Waals surface area contributed by atoms with Crippen molar-refractivity contribution in [2.75, 3.05) is 0 Å². The standard InChI is InChI=1S/C12H20O/c1-9-5-6-12(3,4)11(7-9)8-10(2)13/h7,11H,5-6,8H2,1-4H3. The van der Waals surface area contributed by atoms with E-state index >= 15 is 0 Å². The maximum atomic E-state index is 11.1. The number of rotatable bonds is 2. The van der Waals surface area contributed by atoms with Gasteiger partial charge in [-0.25, -0.2) is 0 Å². The van der Waals surface area contributed by atoms with Crippen LogP contribution in [-0.4, -0.2) is 5.78 Å². The van der Waals surface area contributed by atoms with Crippen molar-refractivity contribution in [3.63, 3.8) is 0 Å². The predicted molar refractivity (Wildman–Crippen MR) is 55.6 cm³/mol. The topological polar surface area (TPSA) is 17.1 Å². The third-order valence-corrected chi connectivity index (χ3v) is 3.16. The first-order valence-corrected chi connectivity index (χ1v) is 5.08. The van der Waals surface area contributed by atoms with Gasteiger partial charge >= 0.3 is 0 Å². The molecule has 0 bridgehead atoms. The summed E-state index contributed by atoms with van der Waals surface area (Å²) in [4.78, 5) is 11.1. The Morgan fingerprint density at radius 1 is 1.62 bits per heavy atom. The van der Waals surface area contributed by atoms with Gasteiger partial charge in [0.15, 0.2) is 0 Å². The molecule has 74 valence electrons. The third-order valence-electron chi connectivity index (χ3n) is 3.16. The zero-order valence-corrected chi connectivity index (χ0v) is 9.18. The molecule has 1 unspecified atom stereocenters. The molecule has 1 aliphatic carbocycles. The average Bonchev–Trinajstić information content (AvgIpc) is 1.97. The predicted octanol–water partition coefficient (Wildman–Crippen LogP) is 3.35. The molecular formula is C12H20O. The summed E-state index contributed by atoms with van der Waals surface area (Å²) in [5.74, 6) is 0.766. The molecule has 13 heavy (non-hydrogen) atoms. The molecule has 1 aliphatic rings. The van der Waals surface area contributed by atoms with Gasteiger partial charge < -0.3 is 4.79 Å². The van der Waals surface area contributed by atoms with Gasteiger partial charge in [0, 0.05) is 6.42 Å². The first-order chi connectivity index (χ1) is 5.92. The fourth-order valence-corrected chi connectivity index (χ4v) is 2.00. The molecule has 1 heteroatoms. The second kappa shape index (κ2) is 3.65. The van der Waals surface area contributed by atoms with E-state index in [1.165, 1.54) is 18.4 Å². The van der Waals surface area contributed by atoms with Crippen molar-refractivity contribution >= 4 is 5.78 Å². The minimum atomic E-state index is 0.309. The Hall–Kier alpha value is -0.590. The van der Waals surface area contributed by atoms with Crippen LogP contribution < -0.4 is 0 Å². The summed E-state index contributed by atoms with van der Waals surface area (Å²) in [6, 6.07) is 0. The van der Waals surface area contributed by atoms with Gasteiger partial charge in [-0.3, -0.25) is 0 Å². The number of allylic oxidation sites excluding steroid dienone is 2. The summed E-state index contributed by atoms with van der Waals surface area (Å²) in [7, 11) is 0. The van der Waals surface area contributed by atoms with E-state index in [4.69, 9.17) is 0 Å². The number of ketones is 1. The molecule has 1 atom stereocenters. The van der Waals surface area contributed by atoms with Crippen LogP contribution in [-0.2, 0) is 4.79 Å². The van der Waals surface area contributed by atoms with Crippen LogP contribution in [0.3, 0.4) is 0 Å². The van der Waals surface area contributed by atoms with Crippen LogP contribution in [0.5, 0.6) is 0 Å². The lowest BCUT2D eigenvalue weighted by molar-refractivity contribution is -0.118. The molecule has 0 saturated heterocycles. The van der Waals surface area contributed by atoms with Crippen LogP contribution >= 0.6 is 0 Å². The van der Waals surface area contributed by atoms with Gasteiger partial charge in [-0.05, 0) is 38.0 Å². The van der Waals surface area contributed by atoms with E-state index in [0.717, 1.165) is 0 Å². The first kappa shape index (κ1) is 10.5. The first-order valence-electron chi connectivity index (χ1n) is 5.08. The zero-order valence-electron chi connectivity index (χ0n) is 9.18. The Bertz CT molecular complexity index is 236. The summed E-state index contributed by atoms with van der Waals surface area (Å²) >= 11 is 0. The van der Waals surface area contributed by atoms with E-state index in [9.17, 15) is 4.79 Å². The Balaban J connectivity index is 2.77. The van der Waals surface area contributed by atoms with E-state index in [1.807, 2.05) is 0 Å². The number of hydrogen-bond acceptors (Lipinski definition) is 1. The van der Waals surface area contributed by atoms with Crippen molar-refractivity contribution in [2.45, 2.75) is 47.0 Å². The molecule has 0 aromatic heterocycles. The molecule has 0 radical (unpaired) electrons. The highest BCUT2D eigenvalue weighted by Gasteiger charge is 2.31. The minimum absolute atomic E-state index is 0.309. The molecule has 0 amide bonds. The van der Waals surface area contributed by atoms with Gasteiger partial charge in [0.25, 0.3) is 0 Å². The molecule has 0 aromatic carbocycles. The molecule has 0 heterocycles. The Morgan fingerprint density at radius 3 is 2.77 bits per heavy atom. The van der Waals surface area contributed by atoms with Crippen LogP contribution in [0.4, 0.5) is 0 Å². The molecule has 0 saturated carbocycles. The second-order valence-electron chi connectivity index (χ2n) is 5.01. The molecule has 0 N–H and O–H groups in total. The molecule has 0 aliphatic heterocycles. The zero-order chi connectivity index (χ0) is 10.1. The van der Waals surface area contributed by atoms with Gasteiger partial charge in [0.05, 0.1) is 0 Å². The van der Waals surface area contributed by atoms with Crippen molar-refractivity contribution in [3.05, 3.63) is 11.6 Å². The largest absolute Gasteiger partial charge is 0.300 e. The normalized spacial score (nSPS) is 26.8. The number of Topliss-reactive ketones (excluding diaryl/α,β-unsaturated/α-hetero) is 1. The molecule has 0 fully saturated rings. The van der Waals surface area contributed by atoms with Crippen LogP contribution in [0, 0.1) is 11.3 Å². The van der Waals surface area contributed by atoms with Crippen LogP contribution in [0.2, 0.25) is 0 Å². The number of carbonyl (C=O) groups excluding carboxylic acids is 1. The second-order valence-corrected chi connectivity index (χ2v) is 5.01. The molecule has 0 spiro atoms. The summed E-state index contributed by atoms with van der Waals surface area (Å²) in [5, 5.41) is 0. The van der Waals surface area contributed by atoms with Gasteiger partial charge in [0.2, 0.25) is 0 Å². The average molecular weight is 180 g/mol. The van der Waals surface area contributed by atoms with Gasteiger partial charge in [-0.15, -0.1) is 0 Å². The van der Waals surface area contributed by atoms with E-state index in [2.05, 4.69) is 26.8 Å². The lowest BCUT2D eigenvalue weighted by Gasteiger charge is -2.36. The minimum Gasteiger partial charge on any atom is -0.300 e. The Labute approximate surface area is 81.2 Å². The van der Waals surface area contributed by atoms with Gasteiger partial charge in [-0.1, -0.05) is 25.5 Å².